The molecule has 0 spiro atoms. The van der Waals surface area contributed by atoms with Crippen molar-refractivity contribution in [2.75, 3.05) is 5.73 Å². The maximum atomic E-state index is 11.6. The molecule has 0 heterocycles. The molecular formula is C13H20N2O3S. The van der Waals surface area contributed by atoms with Crippen LogP contribution in [0.3, 0.4) is 0 Å². The Bertz CT molecular complexity index is 557. The molecule has 1 fully saturated rings. The van der Waals surface area contributed by atoms with Gasteiger partial charge in [0.25, 0.3) is 0 Å². The molecule has 4 N–H and O–H groups in total. The van der Waals surface area contributed by atoms with Gasteiger partial charge in [0.2, 0.25) is 10.0 Å². The molecule has 2 unspecified atom stereocenters. The second-order valence-electron chi connectivity index (χ2n) is 5.26. The molecule has 2 rings (SSSR count). The Balaban J connectivity index is 2.25. The molecule has 2 atom stereocenters. The van der Waals surface area contributed by atoms with Crippen LogP contribution in [0.5, 0.6) is 5.75 Å². The maximum absolute atomic E-state index is 11.6. The Hall–Kier alpha value is -1.27. The van der Waals surface area contributed by atoms with E-state index in [0.29, 0.717) is 17.4 Å². The van der Waals surface area contributed by atoms with Crippen molar-refractivity contribution in [1.29, 1.82) is 0 Å². The van der Waals surface area contributed by atoms with E-state index in [2.05, 4.69) is 6.92 Å². The van der Waals surface area contributed by atoms with E-state index in [-0.39, 0.29) is 11.0 Å². The molecule has 6 heteroatoms. The Morgan fingerprint density at radius 2 is 2.05 bits per heavy atom. The number of nitrogen functional groups attached to an aromatic ring is 1. The number of anilines is 1. The van der Waals surface area contributed by atoms with Crippen LogP contribution < -0.4 is 15.6 Å². The fourth-order valence-corrected chi connectivity index (χ4v) is 3.21. The topological polar surface area (TPSA) is 95.4 Å². The van der Waals surface area contributed by atoms with E-state index < -0.39 is 10.0 Å². The fraction of sp³-hybridized carbons (Fsp3) is 0.538. The molecule has 0 bridgehead atoms. The van der Waals surface area contributed by atoms with E-state index in [1.807, 2.05) is 0 Å². The zero-order chi connectivity index (χ0) is 14.0. The van der Waals surface area contributed by atoms with Gasteiger partial charge in [-0.1, -0.05) is 13.3 Å². The molecule has 19 heavy (non-hydrogen) atoms. The van der Waals surface area contributed by atoms with Crippen molar-refractivity contribution in [2.24, 2.45) is 11.1 Å². The van der Waals surface area contributed by atoms with Crippen molar-refractivity contribution in [2.45, 2.75) is 43.6 Å². The number of sulfonamides is 1. The Kier molecular flexibility index (Phi) is 4.01. The lowest BCUT2D eigenvalue weighted by Crippen LogP contribution is -2.25. The van der Waals surface area contributed by atoms with Crippen LogP contribution in [0.2, 0.25) is 0 Å². The van der Waals surface area contributed by atoms with E-state index in [4.69, 9.17) is 15.6 Å². The smallest absolute Gasteiger partial charge is 0.241 e. The molecule has 5 nitrogen and oxygen atoms in total. The first-order valence-corrected chi connectivity index (χ1v) is 8.00. The lowest BCUT2D eigenvalue weighted by Gasteiger charge is -2.28. The van der Waals surface area contributed by atoms with Crippen molar-refractivity contribution in [3.05, 3.63) is 18.2 Å². The monoisotopic (exact) mass is 284 g/mol. The molecule has 1 aliphatic carbocycles. The van der Waals surface area contributed by atoms with Crippen LogP contribution >= 0.6 is 0 Å². The highest BCUT2D eigenvalue weighted by atomic mass is 32.2. The standard InChI is InChI=1S/C13H20N2O3S/c1-9-3-2-4-11(7-9)18-12-6-5-10(14)8-13(12)19(15,16)17/h5-6,8-9,11H,2-4,7,14H2,1H3,(H2,15,16,17). The number of primary sulfonamides is 1. The summed E-state index contributed by atoms with van der Waals surface area (Å²) in [5.74, 6) is 0.904. The summed E-state index contributed by atoms with van der Waals surface area (Å²) in [6.07, 6.45) is 4.23. The minimum Gasteiger partial charge on any atom is -0.489 e. The SMILES string of the molecule is CC1CCCC(Oc2ccc(N)cc2S(N)(=O)=O)C1. The van der Waals surface area contributed by atoms with Gasteiger partial charge in [0, 0.05) is 5.69 Å². The zero-order valence-electron chi connectivity index (χ0n) is 11.0. The lowest BCUT2D eigenvalue weighted by molar-refractivity contribution is 0.126. The third kappa shape index (κ3) is 3.61. The van der Waals surface area contributed by atoms with E-state index in [0.717, 1.165) is 19.3 Å². The number of benzene rings is 1. The number of nitrogens with two attached hydrogens (primary N) is 2. The van der Waals surface area contributed by atoms with Crippen molar-refractivity contribution in [3.8, 4) is 5.75 Å². The average Bonchev–Trinajstić information content (AvgIpc) is 2.30. The minimum absolute atomic E-state index is 0.0364. The van der Waals surface area contributed by atoms with E-state index in [1.165, 1.54) is 12.5 Å². The van der Waals surface area contributed by atoms with E-state index in [1.54, 1.807) is 12.1 Å². The molecule has 0 aromatic heterocycles. The van der Waals surface area contributed by atoms with Crippen molar-refractivity contribution >= 4 is 15.7 Å². The highest BCUT2D eigenvalue weighted by Gasteiger charge is 2.23. The summed E-state index contributed by atoms with van der Waals surface area (Å²) in [7, 11) is -3.83. The molecular weight excluding hydrogens is 264 g/mol. The van der Waals surface area contributed by atoms with Gasteiger partial charge in [-0.25, -0.2) is 13.6 Å². The van der Waals surface area contributed by atoms with Crippen molar-refractivity contribution in [3.63, 3.8) is 0 Å². The number of ether oxygens (including phenoxy) is 1. The Labute approximate surface area is 114 Å². The van der Waals surface area contributed by atoms with Crippen LogP contribution in [0.1, 0.15) is 32.6 Å². The minimum atomic E-state index is -3.83. The molecule has 106 valence electrons. The zero-order valence-corrected chi connectivity index (χ0v) is 11.8. The van der Waals surface area contributed by atoms with Crippen LogP contribution in [0.4, 0.5) is 5.69 Å². The maximum Gasteiger partial charge on any atom is 0.241 e. The highest BCUT2D eigenvalue weighted by molar-refractivity contribution is 7.89. The predicted octanol–water partition coefficient (Wildman–Crippen LogP) is 1.87. The van der Waals surface area contributed by atoms with Crippen molar-refractivity contribution < 1.29 is 13.2 Å². The molecule has 1 aliphatic rings. The molecule has 0 radical (unpaired) electrons. The van der Waals surface area contributed by atoms with Gasteiger partial charge in [-0.15, -0.1) is 0 Å². The first kappa shape index (κ1) is 14.1. The van der Waals surface area contributed by atoms with Gasteiger partial charge in [-0.3, -0.25) is 0 Å². The van der Waals surface area contributed by atoms with Crippen LogP contribution in [-0.2, 0) is 10.0 Å². The first-order valence-electron chi connectivity index (χ1n) is 6.45. The van der Waals surface area contributed by atoms with Gasteiger partial charge in [0.05, 0.1) is 6.10 Å². The van der Waals surface area contributed by atoms with Gasteiger partial charge < -0.3 is 10.5 Å². The molecule has 0 amide bonds. The highest BCUT2D eigenvalue weighted by Crippen LogP contribution is 2.31. The molecule has 1 aromatic rings. The van der Waals surface area contributed by atoms with Crippen molar-refractivity contribution in [1.82, 2.24) is 0 Å². The number of rotatable bonds is 3. The van der Waals surface area contributed by atoms with Crippen LogP contribution in [0, 0.1) is 5.92 Å². The summed E-state index contributed by atoms with van der Waals surface area (Å²) >= 11 is 0. The second-order valence-corrected chi connectivity index (χ2v) is 6.79. The quantitative estimate of drug-likeness (QED) is 0.828. The summed E-state index contributed by atoms with van der Waals surface area (Å²) in [4.78, 5) is -0.0364. The third-order valence-electron chi connectivity index (χ3n) is 3.46. The van der Waals surface area contributed by atoms with Crippen LogP contribution in [-0.4, -0.2) is 14.5 Å². The molecule has 1 aromatic carbocycles. The third-order valence-corrected chi connectivity index (χ3v) is 4.39. The van der Waals surface area contributed by atoms with E-state index >= 15 is 0 Å². The number of hydrogen-bond acceptors (Lipinski definition) is 4. The average molecular weight is 284 g/mol. The van der Waals surface area contributed by atoms with Gasteiger partial charge in [-0.2, -0.15) is 0 Å². The van der Waals surface area contributed by atoms with Gasteiger partial charge in [0.15, 0.2) is 0 Å². The summed E-state index contributed by atoms with van der Waals surface area (Å²) in [5.41, 5.74) is 5.96. The molecule has 0 aliphatic heterocycles. The largest absolute Gasteiger partial charge is 0.489 e. The van der Waals surface area contributed by atoms with Crippen LogP contribution in [0.25, 0.3) is 0 Å². The number of hydrogen-bond donors (Lipinski definition) is 2. The Morgan fingerprint density at radius 3 is 2.68 bits per heavy atom. The molecule has 0 saturated heterocycles. The Morgan fingerprint density at radius 1 is 1.32 bits per heavy atom. The second kappa shape index (κ2) is 5.38. The van der Waals surface area contributed by atoms with Gasteiger partial charge >= 0.3 is 0 Å². The summed E-state index contributed by atoms with van der Waals surface area (Å²) in [6, 6.07) is 4.54. The predicted molar refractivity (Wildman–Crippen MR) is 74.3 cm³/mol. The molecule has 1 saturated carbocycles. The van der Waals surface area contributed by atoms with E-state index in [9.17, 15) is 8.42 Å². The lowest BCUT2D eigenvalue weighted by atomic mass is 9.89. The summed E-state index contributed by atoms with van der Waals surface area (Å²) in [5, 5.41) is 5.20. The summed E-state index contributed by atoms with van der Waals surface area (Å²) < 4.78 is 28.9. The normalized spacial score (nSPS) is 24.1. The van der Waals surface area contributed by atoms with Crippen LogP contribution in [0.15, 0.2) is 23.1 Å². The van der Waals surface area contributed by atoms with Gasteiger partial charge in [0.1, 0.15) is 10.6 Å². The summed E-state index contributed by atoms with van der Waals surface area (Å²) in [6.45, 7) is 2.18. The van der Waals surface area contributed by atoms with Gasteiger partial charge in [-0.05, 0) is 43.4 Å². The first-order chi connectivity index (χ1) is 8.86. The fourth-order valence-electron chi connectivity index (χ4n) is 2.51.